The van der Waals surface area contributed by atoms with Gasteiger partial charge in [-0.3, -0.25) is 0 Å². The summed E-state index contributed by atoms with van der Waals surface area (Å²) in [4.78, 5) is 4.20. The highest BCUT2D eigenvalue weighted by Crippen LogP contribution is 2.28. The van der Waals surface area contributed by atoms with E-state index in [1.165, 1.54) is 27.4 Å². The smallest absolute Gasteiger partial charge is 0.266 e. The van der Waals surface area contributed by atoms with Gasteiger partial charge in [0.15, 0.2) is 6.29 Å². The third-order valence-electron chi connectivity index (χ3n) is 2.89. The van der Waals surface area contributed by atoms with Gasteiger partial charge in [0.05, 0.1) is 19.3 Å². The molecule has 0 saturated heterocycles. The maximum absolute atomic E-state index is 12.2. The van der Waals surface area contributed by atoms with Crippen LogP contribution in [0.15, 0.2) is 28.1 Å². The predicted octanol–water partition coefficient (Wildman–Crippen LogP) is 0.374. The molecule has 0 fully saturated rings. The van der Waals surface area contributed by atoms with Crippen molar-refractivity contribution in [1.82, 2.24) is 4.72 Å². The van der Waals surface area contributed by atoms with Crippen LogP contribution in [-0.4, -0.2) is 48.5 Å². The fourth-order valence-electron chi connectivity index (χ4n) is 1.77. The third-order valence-corrected chi connectivity index (χ3v) is 4.27. The molecule has 116 valence electrons. The first-order valence-electron chi connectivity index (χ1n) is 6.08. The number of guanidine groups is 1. The van der Waals surface area contributed by atoms with Gasteiger partial charge in [-0.25, -0.2) is 18.1 Å². The average molecular weight is 315 g/mol. The van der Waals surface area contributed by atoms with Crippen molar-refractivity contribution in [2.75, 3.05) is 33.2 Å². The second kappa shape index (κ2) is 6.29. The van der Waals surface area contributed by atoms with Crippen LogP contribution in [-0.2, 0) is 19.5 Å². The standard InChI is InChI=1S/C12H17N3O5S/c1-18-8-4-5-9-10(6-8)21(16,17)15-12(14-9)13-7-11(19-2)20-3/h4-6,11H,7H2,1-3H3,(H2,13,14,15). The van der Waals surface area contributed by atoms with Crippen LogP contribution in [0.1, 0.15) is 0 Å². The molecule has 2 N–H and O–H groups in total. The summed E-state index contributed by atoms with van der Waals surface area (Å²) in [5.74, 6) is 0.576. The van der Waals surface area contributed by atoms with Crippen LogP contribution in [0.2, 0.25) is 0 Å². The number of ether oxygens (including phenoxy) is 3. The van der Waals surface area contributed by atoms with Gasteiger partial charge >= 0.3 is 0 Å². The molecule has 1 heterocycles. The molecule has 21 heavy (non-hydrogen) atoms. The van der Waals surface area contributed by atoms with Crippen molar-refractivity contribution in [3.8, 4) is 5.75 Å². The fourth-order valence-corrected chi connectivity index (χ4v) is 2.93. The lowest BCUT2D eigenvalue weighted by molar-refractivity contribution is -0.0937. The molecule has 0 radical (unpaired) electrons. The van der Waals surface area contributed by atoms with Crippen molar-refractivity contribution in [1.29, 1.82) is 0 Å². The zero-order valence-electron chi connectivity index (χ0n) is 11.9. The number of benzene rings is 1. The number of fused-ring (bicyclic) bond motifs is 1. The number of anilines is 1. The van der Waals surface area contributed by atoms with Crippen LogP contribution in [0.25, 0.3) is 0 Å². The van der Waals surface area contributed by atoms with Gasteiger partial charge in [0.25, 0.3) is 10.0 Å². The van der Waals surface area contributed by atoms with E-state index in [1.807, 2.05) is 0 Å². The number of methoxy groups -OCH3 is 3. The molecule has 0 aliphatic carbocycles. The molecule has 0 aromatic heterocycles. The second-order valence-electron chi connectivity index (χ2n) is 4.18. The van der Waals surface area contributed by atoms with Crippen LogP contribution in [0.3, 0.4) is 0 Å². The third kappa shape index (κ3) is 3.43. The monoisotopic (exact) mass is 315 g/mol. The summed E-state index contributed by atoms with van der Waals surface area (Å²) < 4.78 is 41.7. The van der Waals surface area contributed by atoms with E-state index in [0.717, 1.165) is 0 Å². The normalized spacial score (nSPS) is 18.0. The Morgan fingerprint density at radius 2 is 1.95 bits per heavy atom. The molecule has 1 aliphatic heterocycles. The van der Waals surface area contributed by atoms with E-state index in [2.05, 4.69) is 15.0 Å². The number of aliphatic imine (C=N–C) groups is 1. The number of hydrogen-bond acceptors (Lipinski definition) is 6. The quantitative estimate of drug-likeness (QED) is 0.762. The lowest BCUT2D eigenvalue weighted by Gasteiger charge is -2.22. The minimum absolute atomic E-state index is 0.107. The molecule has 0 bridgehead atoms. The summed E-state index contributed by atoms with van der Waals surface area (Å²) in [5, 5.41) is 2.90. The Kier molecular flexibility index (Phi) is 4.66. The molecular formula is C12H17N3O5S. The van der Waals surface area contributed by atoms with E-state index in [1.54, 1.807) is 12.1 Å². The van der Waals surface area contributed by atoms with Gasteiger partial charge < -0.3 is 19.5 Å². The maximum Gasteiger partial charge on any atom is 0.266 e. The van der Waals surface area contributed by atoms with Crippen molar-refractivity contribution < 1.29 is 22.6 Å². The van der Waals surface area contributed by atoms with Crippen molar-refractivity contribution in [2.45, 2.75) is 11.2 Å². The molecule has 1 aliphatic rings. The van der Waals surface area contributed by atoms with Crippen LogP contribution in [0.5, 0.6) is 5.75 Å². The van der Waals surface area contributed by atoms with E-state index in [-0.39, 0.29) is 17.4 Å². The first-order chi connectivity index (χ1) is 10.00. The van der Waals surface area contributed by atoms with Gasteiger partial charge in [0, 0.05) is 20.3 Å². The summed E-state index contributed by atoms with van der Waals surface area (Å²) in [7, 11) is 0.744. The molecule has 8 nitrogen and oxygen atoms in total. The molecule has 2 rings (SSSR count). The lowest BCUT2D eigenvalue weighted by atomic mass is 10.3. The molecule has 0 spiro atoms. The summed E-state index contributed by atoms with van der Waals surface area (Å²) >= 11 is 0. The highest BCUT2D eigenvalue weighted by atomic mass is 32.2. The number of nitrogens with zero attached hydrogens (tertiary/aromatic N) is 1. The van der Waals surface area contributed by atoms with Gasteiger partial charge in [-0.05, 0) is 12.1 Å². The topological polar surface area (TPSA) is 98.3 Å². The summed E-state index contributed by atoms with van der Waals surface area (Å²) in [5.41, 5.74) is 0.430. The van der Waals surface area contributed by atoms with Gasteiger partial charge in [-0.1, -0.05) is 0 Å². The average Bonchev–Trinajstić information content (AvgIpc) is 2.47. The lowest BCUT2D eigenvalue weighted by Crippen LogP contribution is -2.41. The molecule has 1 aromatic carbocycles. The highest BCUT2D eigenvalue weighted by Gasteiger charge is 2.27. The Morgan fingerprint density at radius 3 is 2.57 bits per heavy atom. The number of hydrogen-bond donors (Lipinski definition) is 2. The number of nitrogens with one attached hydrogen (secondary N) is 2. The molecule has 0 amide bonds. The van der Waals surface area contributed by atoms with E-state index in [4.69, 9.17) is 14.2 Å². The van der Waals surface area contributed by atoms with E-state index >= 15 is 0 Å². The Hall–Kier alpha value is -1.84. The second-order valence-corrected chi connectivity index (χ2v) is 5.83. The first kappa shape index (κ1) is 15.5. The SMILES string of the molecule is COc1ccc2c(c1)S(=O)(=O)NC(=NCC(OC)OC)N2. The van der Waals surface area contributed by atoms with Gasteiger partial charge in [0.2, 0.25) is 5.96 Å². The minimum atomic E-state index is -3.69. The molecule has 0 unspecified atom stereocenters. The summed E-state index contributed by atoms with van der Waals surface area (Å²) in [6.45, 7) is 0.156. The van der Waals surface area contributed by atoms with Crippen LogP contribution >= 0.6 is 0 Å². The molecule has 0 saturated carbocycles. The Balaban J connectivity index is 2.27. The van der Waals surface area contributed by atoms with Crippen molar-refractivity contribution in [2.24, 2.45) is 4.99 Å². The Labute approximate surface area is 123 Å². The van der Waals surface area contributed by atoms with Crippen molar-refractivity contribution in [3.63, 3.8) is 0 Å². The van der Waals surface area contributed by atoms with Crippen LogP contribution in [0.4, 0.5) is 5.69 Å². The molecule has 1 aromatic rings. The highest BCUT2D eigenvalue weighted by molar-refractivity contribution is 7.90. The predicted molar refractivity (Wildman–Crippen MR) is 77.0 cm³/mol. The van der Waals surface area contributed by atoms with Crippen molar-refractivity contribution >= 4 is 21.7 Å². The maximum atomic E-state index is 12.2. The Morgan fingerprint density at radius 1 is 1.24 bits per heavy atom. The summed E-state index contributed by atoms with van der Waals surface area (Å²) in [6, 6.07) is 4.72. The molecule has 0 atom stereocenters. The van der Waals surface area contributed by atoms with E-state index in [0.29, 0.717) is 11.4 Å². The Bertz CT molecular complexity index is 640. The molecule has 9 heteroatoms. The first-order valence-corrected chi connectivity index (χ1v) is 7.56. The molecular weight excluding hydrogens is 298 g/mol. The zero-order valence-corrected chi connectivity index (χ0v) is 12.7. The zero-order chi connectivity index (χ0) is 15.5. The van der Waals surface area contributed by atoms with E-state index < -0.39 is 16.3 Å². The van der Waals surface area contributed by atoms with Crippen LogP contribution < -0.4 is 14.8 Å². The largest absolute Gasteiger partial charge is 0.497 e. The summed E-state index contributed by atoms with van der Waals surface area (Å²) in [6.07, 6.45) is -0.541. The van der Waals surface area contributed by atoms with E-state index in [9.17, 15) is 8.42 Å². The van der Waals surface area contributed by atoms with Gasteiger partial charge in [-0.2, -0.15) is 0 Å². The minimum Gasteiger partial charge on any atom is -0.497 e. The van der Waals surface area contributed by atoms with Gasteiger partial charge in [-0.15, -0.1) is 0 Å². The number of rotatable bonds is 5. The van der Waals surface area contributed by atoms with Crippen LogP contribution in [0, 0.1) is 0 Å². The fraction of sp³-hybridized carbons (Fsp3) is 0.417. The van der Waals surface area contributed by atoms with Crippen molar-refractivity contribution in [3.05, 3.63) is 18.2 Å². The van der Waals surface area contributed by atoms with Gasteiger partial charge in [0.1, 0.15) is 10.6 Å². The number of sulfonamides is 1.